The van der Waals surface area contributed by atoms with Crippen LogP contribution in [-0.4, -0.2) is 35.5 Å². The number of halogens is 1. The first kappa shape index (κ1) is 15.1. The van der Waals surface area contributed by atoms with E-state index in [-0.39, 0.29) is 18.9 Å². The van der Waals surface area contributed by atoms with Crippen LogP contribution in [0.15, 0.2) is 24.3 Å². The molecule has 0 aliphatic heterocycles. The van der Waals surface area contributed by atoms with Gasteiger partial charge in [-0.15, -0.1) is 0 Å². The smallest absolute Gasteiger partial charge is 0.305 e. The molecule has 1 amide bonds. The molecule has 0 saturated carbocycles. The molecule has 1 N–H and O–H groups in total. The predicted octanol–water partition coefficient (Wildman–Crippen LogP) is 2.04. The van der Waals surface area contributed by atoms with Gasteiger partial charge in [-0.3, -0.25) is 9.59 Å². The zero-order valence-corrected chi connectivity index (χ0v) is 11.3. The highest BCUT2D eigenvalue weighted by Gasteiger charge is 2.34. The van der Waals surface area contributed by atoms with Crippen LogP contribution in [0.4, 0.5) is 4.39 Å². The number of nitrogens with zero attached hydrogens (tertiary/aromatic N) is 1. The molecule has 0 bridgehead atoms. The predicted molar refractivity (Wildman–Crippen MR) is 69.3 cm³/mol. The van der Waals surface area contributed by atoms with Crippen LogP contribution in [0.5, 0.6) is 0 Å². The Bertz CT molecular complexity index is 485. The van der Waals surface area contributed by atoms with Crippen molar-refractivity contribution in [3.63, 3.8) is 0 Å². The van der Waals surface area contributed by atoms with Gasteiger partial charge in [-0.1, -0.05) is 18.2 Å². The number of carboxylic acid groups (broad SMARTS) is 1. The minimum absolute atomic E-state index is 0.103. The lowest BCUT2D eigenvalue weighted by molar-refractivity contribution is -0.139. The lowest BCUT2D eigenvalue weighted by Gasteiger charge is -2.29. The van der Waals surface area contributed by atoms with Crippen LogP contribution in [0.3, 0.4) is 0 Å². The topological polar surface area (TPSA) is 57.6 Å². The van der Waals surface area contributed by atoms with E-state index in [4.69, 9.17) is 5.11 Å². The van der Waals surface area contributed by atoms with E-state index in [0.29, 0.717) is 5.56 Å². The molecule has 0 aliphatic rings. The minimum atomic E-state index is -1.03. The number of likely N-dealkylation sites (N-methyl/N-ethyl adjacent to an activating group) is 1. The lowest BCUT2D eigenvalue weighted by atomic mass is 9.83. The molecule has 0 fully saturated rings. The Balaban J connectivity index is 2.91. The third kappa shape index (κ3) is 3.53. The van der Waals surface area contributed by atoms with Crippen molar-refractivity contribution in [2.75, 3.05) is 13.6 Å². The standard InChI is InChI=1S/C14H18FNO3/c1-14(2,10-6-4-5-7-11(10)15)13(19)16(3)9-8-12(17)18/h4-7H,8-9H2,1-3H3,(H,17,18). The summed E-state index contributed by atoms with van der Waals surface area (Å²) in [6.45, 7) is 3.36. The number of hydrogen-bond acceptors (Lipinski definition) is 2. The molecule has 5 heteroatoms. The first-order chi connectivity index (χ1) is 8.76. The van der Waals surface area contributed by atoms with Crippen molar-refractivity contribution >= 4 is 11.9 Å². The van der Waals surface area contributed by atoms with Gasteiger partial charge in [-0.05, 0) is 19.9 Å². The highest BCUT2D eigenvalue weighted by Crippen LogP contribution is 2.27. The number of hydrogen-bond donors (Lipinski definition) is 1. The molecule has 19 heavy (non-hydrogen) atoms. The van der Waals surface area contributed by atoms with Crippen molar-refractivity contribution in [2.24, 2.45) is 0 Å². The summed E-state index contributed by atoms with van der Waals surface area (Å²) in [7, 11) is 1.52. The Hall–Kier alpha value is -1.91. The van der Waals surface area contributed by atoms with E-state index >= 15 is 0 Å². The maximum Gasteiger partial charge on any atom is 0.305 e. The van der Waals surface area contributed by atoms with Crippen LogP contribution in [0.25, 0.3) is 0 Å². The number of aliphatic carboxylic acids is 1. The summed E-state index contributed by atoms with van der Waals surface area (Å²) >= 11 is 0. The fourth-order valence-electron chi connectivity index (χ4n) is 1.93. The molecule has 0 aliphatic carbocycles. The summed E-state index contributed by atoms with van der Waals surface area (Å²) in [5.41, 5.74) is -0.722. The van der Waals surface area contributed by atoms with E-state index in [9.17, 15) is 14.0 Å². The summed E-state index contributed by atoms with van der Waals surface area (Å²) in [5, 5.41) is 8.61. The second kappa shape index (κ2) is 5.82. The average Bonchev–Trinajstić information content (AvgIpc) is 2.35. The van der Waals surface area contributed by atoms with Crippen LogP contribution >= 0.6 is 0 Å². The van der Waals surface area contributed by atoms with Gasteiger partial charge >= 0.3 is 5.97 Å². The van der Waals surface area contributed by atoms with Crippen molar-refractivity contribution in [3.05, 3.63) is 35.6 Å². The summed E-state index contributed by atoms with van der Waals surface area (Å²) in [4.78, 5) is 24.1. The molecule has 4 nitrogen and oxygen atoms in total. The number of carbonyl (C=O) groups is 2. The average molecular weight is 267 g/mol. The van der Waals surface area contributed by atoms with Gasteiger partial charge in [0.1, 0.15) is 5.82 Å². The third-order valence-corrected chi connectivity index (χ3v) is 3.09. The van der Waals surface area contributed by atoms with Crippen molar-refractivity contribution in [3.8, 4) is 0 Å². The van der Waals surface area contributed by atoms with E-state index in [1.807, 2.05) is 0 Å². The van der Waals surface area contributed by atoms with Gasteiger partial charge in [0.15, 0.2) is 0 Å². The molecular weight excluding hydrogens is 249 g/mol. The Morgan fingerprint density at radius 1 is 1.32 bits per heavy atom. The first-order valence-corrected chi connectivity index (χ1v) is 5.99. The van der Waals surface area contributed by atoms with Crippen molar-refractivity contribution in [2.45, 2.75) is 25.7 Å². The van der Waals surface area contributed by atoms with E-state index in [0.717, 1.165) is 0 Å². The van der Waals surface area contributed by atoms with Crippen LogP contribution in [0, 0.1) is 5.82 Å². The van der Waals surface area contributed by atoms with Crippen molar-refractivity contribution in [1.82, 2.24) is 4.90 Å². The SMILES string of the molecule is CN(CCC(=O)O)C(=O)C(C)(C)c1ccccc1F. The number of amides is 1. The molecule has 0 heterocycles. The highest BCUT2D eigenvalue weighted by molar-refractivity contribution is 5.87. The molecule has 0 saturated heterocycles. The van der Waals surface area contributed by atoms with Gasteiger partial charge in [-0.2, -0.15) is 0 Å². The summed E-state index contributed by atoms with van der Waals surface area (Å²) in [6.07, 6.45) is -0.129. The molecule has 0 aromatic heterocycles. The van der Waals surface area contributed by atoms with Gasteiger partial charge in [0, 0.05) is 19.2 Å². The van der Waals surface area contributed by atoms with E-state index in [1.54, 1.807) is 32.0 Å². The highest BCUT2D eigenvalue weighted by atomic mass is 19.1. The number of carboxylic acids is 1. The molecule has 0 radical (unpaired) electrons. The summed E-state index contributed by atoms with van der Waals surface area (Å²) < 4.78 is 13.8. The molecule has 0 spiro atoms. The van der Waals surface area contributed by atoms with Gasteiger partial charge in [0.05, 0.1) is 11.8 Å². The van der Waals surface area contributed by atoms with Crippen LogP contribution in [-0.2, 0) is 15.0 Å². The Kier molecular flexibility index (Phi) is 4.64. The Labute approximate surface area is 111 Å². The van der Waals surface area contributed by atoms with Gasteiger partial charge in [0.25, 0.3) is 0 Å². The van der Waals surface area contributed by atoms with E-state index in [1.165, 1.54) is 18.0 Å². The monoisotopic (exact) mass is 267 g/mol. The minimum Gasteiger partial charge on any atom is -0.481 e. The van der Waals surface area contributed by atoms with Gasteiger partial charge in [-0.25, -0.2) is 4.39 Å². The maximum absolute atomic E-state index is 13.8. The van der Waals surface area contributed by atoms with Gasteiger partial charge < -0.3 is 10.0 Å². The van der Waals surface area contributed by atoms with Crippen molar-refractivity contribution < 1.29 is 19.1 Å². The largest absolute Gasteiger partial charge is 0.481 e. The quantitative estimate of drug-likeness (QED) is 0.888. The lowest BCUT2D eigenvalue weighted by Crippen LogP contribution is -2.42. The first-order valence-electron chi connectivity index (χ1n) is 5.99. The maximum atomic E-state index is 13.8. The zero-order chi connectivity index (χ0) is 14.6. The molecule has 1 rings (SSSR count). The Morgan fingerprint density at radius 2 is 1.89 bits per heavy atom. The number of rotatable bonds is 5. The Morgan fingerprint density at radius 3 is 2.42 bits per heavy atom. The van der Waals surface area contributed by atoms with Crippen LogP contribution < -0.4 is 0 Å². The zero-order valence-electron chi connectivity index (χ0n) is 11.3. The second-order valence-corrected chi connectivity index (χ2v) is 4.98. The van der Waals surface area contributed by atoms with Gasteiger partial charge in [0.2, 0.25) is 5.91 Å². The number of benzene rings is 1. The van der Waals surface area contributed by atoms with Crippen LogP contribution in [0.1, 0.15) is 25.8 Å². The molecule has 104 valence electrons. The third-order valence-electron chi connectivity index (χ3n) is 3.09. The molecule has 1 aromatic carbocycles. The van der Waals surface area contributed by atoms with Crippen LogP contribution in [0.2, 0.25) is 0 Å². The summed E-state index contributed by atoms with van der Waals surface area (Å²) in [5.74, 6) is -1.71. The van der Waals surface area contributed by atoms with E-state index in [2.05, 4.69) is 0 Å². The normalized spacial score (nSPS) is 11.2. The van der Waals surface area contributed by atoms with Crippen molar-refractivity contribution in [1.29, 1.82) is 0 Å². The molecule has 0 atom stereocenters. The second-order valence-electron chi connectivity index (χ2n) is 4.98. The fourth-order valence-corrected chi connectivity index (χ4v) is 1.93. The summed E-state index contributed by atoms with van der Waals surface area (Å²) in [6, 6.07) is 6.11. The molecule has 1 aromatic rings. The fraction of sp³-hybridized carbons (Fsp3) is 0.429. The molecular formula is C14H18FNO3. The molecule has 0 unspecified atom stereocenters. The number of carbonyl (C=O) groups excluding carboxylic acids is 1. The van der Waals surface area contributed by atoms with E-state index < -0.39 is 17.2 Å².